The predicted octanol–water partition coefficient (Wildman–Crippen LogP) is 5.68. The summed E-state index contributed by atoms with van der Waals surface area (Å²) in [5.74, 6) is -0.162. The Bertz CT molecular complexity index is 1480. The van der Waals surface area contributed by atoms with E-state index in [0.717, 1.165) is 28.1 Å². The summed E-state index contributed by atoms with van der Waals surface area (Å²) in [5, 5.41) is 11.7. The number of carbonyl (C=O) groups excluding carboxylic acids is 1. The molecule has 1 amide bonds. The van der Waals surface area contributed by atoms with Gasteiger partial charge in [-0.15, -0.1) is 10.2 Å². The number of benzene rings is 3. The van der Waals surface area contributed by atoms with Crippen molar-refractivity contribution in [2.75, 3.05) is 5.32 Å². The number of aromatic nitrogens is 3. The van der Waals surface area contributed by atoms with Crippen LogP contribution in [0.3, 0.4) is 0 Å². The zero-order chi connectivity index (χ0) is 26.6. The van der Waals surface area contributed by atoms with E-state index in [9.17, 15) is 13.2 Å². The first kappa shape index (κ1) is 26.6. The highest BCUT2D eigenvalue weighted by atomic mass is 32.2. The second kappa shape index (κ2) is 11.3. The molecule has 192 valence electrons. The molecule has 3 aromatic carbocycles. The number of nitrogens with zero attached hydrogens (tertiary/aromatic N) is 3. The van der Waals surface area contributed by atoms with Crippen molar-refractivity contribution in [2.24, 2.45) is 0 Å². The van der Waals surface area contributed by atoms with E-state index in [4.69, 9.17) is 0 Å². The molecule has 4 rings (SSSR count). The molecule has 0 bridgehead atoms. The van der Waals surface area contributed by atoms with Gasteiger partial charge in [0.25, 0.3) is 0 Å². The maximum absolute atomic E-state index is 13.3. The van der Waals surface area contributed by atoms with Gasteiger partial charge in [-0.3, -0.25) is 9.36 Å². The number of rotatable bonds is 9. The highest BCUT2D eigenvalue weighted by Crippen LogP contribution is 2.30. The van der Waals surface area contributed by atoms with Gasteiger partial charge >= 0.3 is 0 Å². The molecule has 1 atom stereocenters. The number of anilines is 1. The molecule has 7 nitrogen and oxygen atoms in total. The molecule has 0 aliphatic rings. The van der Waals surface area contributed by atoms with Crippen LogP contribution in [0.5, 0.6) is 0 Å². The SMILES string of the molecule is CCC(Sc1nnc(CS(=O)(=O)c2ccc(C)cc2)n1-c1ccccc1)C(=O)Nc1c(C)cccc1C. The molecule has 1 heterocycles. The maximum atomic E-state index is 13.3. The molecule has 4 aromatic rings. The molecule has 0 radical (unpaired) electrons. The first-order valence-corrected chi connectivity index (χ1v) is 14.6. The summed E-state index contributed by atoms with van der Waals surface area (Å²) in [6.07, 6.45) is 0.556. The number of hydrogen-bond acceptors (Lipinski definition) is 6. The van der Waals surface area contributed by atoms with Crippen LogP contribution in [0, 0.1) is 20.8 Å². The molecule has 1 aromatic heterocycles. The van der Waals surface area contributed by atoms with Gasteiger partial charge in [-0.25, -0.2) is 8.42 Å². The second-order valence-corrected chi connectivity index (χ2v) is 12.1. The minimum Gasteiger partial charge on any atom is -0.325 e. The van der Waals surface area contributed by atoms with Crippen molar-refractivity contribution in [3.05, 3.63) is 95.3 Å². The molecule has 0 fully saturated rings. The summed E-state index contributed by atoms with van der Waals surface area (Å²) in [7, 11) is -3.66. The van der Waals surface area contributed by atoms with Crippen molar-refractivity contribution in [3.8, 4) is 5.69 Å². The molecule has 1 N–H and O–H groups in total. The van der Waals surface area contributed by atoms with Gasteiger partial charge in [-0.05, 0) is 62.6 Å². The van der Waals surface area contributed by atoms with Crippen molar-refractivity contribution < 1.29 is 13.2 Å². The van der Waals surface area contributed by atoms with Gasteiger partial charge in [0.05, 0.1) is 10.1 Å². The number of sulfone groups is 1. The number of hydrogen-bond donors (Lipinski definition) is 1. The van der Waals surface area contributed by atoms with Crippen LogP contribution in [0.15, 0.2) is 82.8 Å². The van der Waals surface area contributed by atoms with Gasteiger partial charge in [-0.1, -0.05) is 72.8 Å². The average molecular weight is 535 g/mol. The summed E-state index contributed by atoms with van der Waals surface area (Å²) in [5.41, 5.74) is 4.50. The highest BCUT2D eigenvalue weighted by Gasteiger charge is 2.26. The Labute approximate surface area is 222 Å². The fraction of sp³-hybridized carbons (Fsp3) is 0.250. The lowest BCUT2D eigenvalue weighted by atomic mass is 10.1. The van der Waals surface area contributed by atoms with Crippen molar-refractivity contribution in [1.29, 1.82) is 0 Å². The number of thioether (sulfide) groups is 1. The topological polar surface area (TPSA) is 93.9 Å². The van der Waals surface area contributed by atoms with Gasteiger partial charge in [0, 0.05) is 11.4 Å². The summed E-state index contributed by atoms with van der Waals surface area (Å²) < 4.78 is 28.1. The summed E-state index contributed by atoms with van der Waals surface area (Å²) in [6, 6.07) is 22.0. The van der Waals surface area contributed by atoms with E-state index in [1.165, 1.54) is 11.8 Å². The van der Waals surface area contributed by atoms with Crippen LogP contribution in [-0.2, 0) is 20.4 Å². The molecular formula is C28H30N4O3S2. The average Bonchev–Trinajstić information content (AvgIpc) is 3.26. The van der Waals surface area contributed by atoms with Gasteiger partial charge in [-0.2, -0.15) is 0 Å². The molecule has 0 spiro atoms. The number of amides is 1. The Morgan fingerprint density at radius 1 is 0.919 bits per heavy atom. The lowest BCUT2D eigenvalue weighted by Gasteiger charge is -2.18. The zero-order valence-corrected chi connectivity index (χ0v) is 22.9. The molecule has 0 aliphatic carbocycles. The van der Waals surface area contributed by atoms with E-state index in [1.807, 2.05) is 76.2 Å². The van der Waals surface area contributed by atoms with Gasteiger partial charge < -0.3 is 5.32 Å². The smallest absolute Gasteiger partial charge is 0.237 e. The third kappa shape index (κ3) is 6.11. The van der Waals surface area contributed by atoms with E-state index in [-0.39, 0.29) is 16.6 Å². The summed E-state index contributed by atoms with van der Waals surface area (Å²) in [4.78, 5) is 13.5. The lowest BCUT2D eigenvalue weighted by Crippen LogP contribution is -2.26. The van der Waals surface area contributed by atoms with Crippen LogP contribution in [0.2, 0.25) is 0 Å². The van der Waals surface area contributed by atoms with Crippen molar-refractivity contribution >= 4 is 33.2 Å². The quantitative estimate of drug-likeness (QED) is 0.278. The highest BCUT2D eigenvalue weighted by molar-refractivity contribution is 8.00. The Morgan fingerprint density at radius 3 is 2.19 bits per heavy atom. The van der Waals surface area contributed by atoms with Crippen molar-refractivity contribution in [2.45, 2.75) is 55.2 Å². The van der Waals surface area contributed by atoms with Crippen LogP contribution < -0.4 is 5.32 Å². The van der Waals surface area contributed by atoms with E-state index in [0.29, 0.717) is 17.4 Å². The number of nitrogens with one attached hydrogen (secondary N) is 1. The molecular weight excluding hydrogens is 504 g/mol. The Hall–Kier alpha value is -3.43. The van der Waals surface area contributed by atoms with Crippen LogP contribution in [0.1, 0.15) is 35.9 Å². The normalized spacial score (nSPS) is 12.3. The van der Waals surface area contributed by atoms with Crippen molar-refractivity contribution in [1.82, 2.24) is 14.8 Å². The third-order valence-electron chi connectivity index (χ3n) is 6.05. The number of para-hydroxylation sites is 2. The van der Waals surface area contributed by atoms with E-state index < -0.39 is 15.1 Å². The fourth-order valence-corrected chi connectivity index (χ4v) is 6.21. The van der Waals surface area contributed by atoms with E-state index >= 15 is 0 Å². The largest absolute Gasteiger partial charge is 0.325 e. The molecule has 9 heteroatoms. The molecule has 0 saturated heterocycles. The summed E-state index contributed by atoms with van der Waals surface area (Å²) in [6.45, 7) is 7.77. The summed E-state index contributed by atoms with van der Waals surface area (Å²) >= 11 is 1.28. The van der Waals surface area contributed by atoms with Crippen LogP contribution in [0.25, 0.3) is 5.69 Å². The molecule has 1 unspecified atom stereocenters. The minimum atomic E-state index is -3.66. The number of carbonyl (C=O) groups is 1. The molecule has 0 saturated carbocycles. The maximum Gasteiger partial charge on any atom is 0.237 e. The second-order valence-electron chi connectivity index (χ2n) is 8.91. The third-order valence-corrected chi connectivity index (χ3v) is 8.99. The van der Waals surface area contributed by atoms with Crippen LogP contribution >= 0.6 is 11.8 Å². The van der Waals surface area contributed by atoms with Crippen LogP contribution in [-0.4, -0.2) is 34.3 Å². The Kier molecular flexibility index (Phi) is 8.14. The van der Waals surface area contributed by atoms with E-state index in [1.54, 1.807) is 28.8 Å². The fourth-order valence-electron chi connectivity index (χ4n) is 3.97. The molecule has 37 heavy (non-hydrogen) atoms. The van der Waals surface area contributed by atoms with E-state index in [2.05, 4.69) is 15.5 Å². The first-order valence-electron chi connectivity index (χ1n) is 12.0. The monoisotopic (exact) mass is 534 g/mol. The van der Waals surface area contributed by atoms with Crippen LogP contribution in [0.4, 0.5) is 5.69 Å². The Morgan fingerprint density at radius 2 is 1.57 bits per heavy atom. The minimum absolute atomic E-state index is 0.138. The van der Waals surface area contributed by atoms with Crippen molar-refractivity contribution in [3.63, 3.8) is 0 Å². The molecule has 0 aliphatic heterocycles. The Balaban J connectivity index is 1.66. The van der Waals surface area contributed by atoms with Gasteiger partial charge in [0.15, 0.2) is 20.8 Å². The first-order chi connectivity index (χ1) is 17.7. The van der Waals surface area contributed by atoms with Gasteiger partial charge in [0.1, 0.15) is 5.75 Å². The zero-order valence-electron chi connectivity index (χ0n) is 21.3. The standard InChI is InChI=1S/C28H30N4O3S2/c1-5-24(27(33)29-26-20(3)10-9-11-21(26)4)36-28-31-30-25(32(28)22-12-7-6-8-13-22)18-37(34,35)23-16-14-19(2)15-17-23/h6-17,24H,5,18H2,1-4H3,(H,29,33). The lowest BCUT2D eigenvalue weighted by molar-refractivity contribution is -0.115. The number of aryl methyl sites for hydroxylation is 3. The van der Waals surface area contributed by atoms with Gasteiger partial charge in [0.2, 0.25) is 5.91 Å². The predicted molar refractivity (Wildman–Crippen MR) is 148 cm³/mol.